The van der Waals surface area contributed by atoms with Crippen molar-refractivity contribution in [1.29, 1.82) is 0 Å². The van der Waals surface area contributed by atoms with Gasteiger partial charge >= 0.3 is 0 Å². The van der Waals surface area contributed by atoms with E-state index in [4.69, 9.17) is 0 Å². The van der Waals surface area contributed by atoms with E-state index in [1.165, 1.54) is 0 Å². The quantitative estimate of drug-likeness (QED) is 0.522. The fourth-order valence-electron chi connectivity index (χ4n) is 2.78. The summed E-state index contributed by atoms with van der Waals surface area (Å²) in [7, 11) is 0. The summed E-state index contributed by atoms with van der Waals surface area (Å²) >= 11 is 0. The summed E-state index contributed by atoms with van der Waals surface area (Å²) < 4.78 is 0. The molecule has 0 atom stereocenters. The van der Waals surface area contributed by atoms with Gasteiger partial charge in [-0.05, 0) is 24.3 Å². The van der Waals surface area contributed by atoms with E-state index >= 15 is 0 Å². The van der Waals surface area contributed by atoms with Crippen LogP contribution in [0.25, 0.3) is 44.7 Å². The van der Waals surface area contributed by atoms with Crippen molar-refractivity contribution in [3.8, 4) is 22.6 Å². The molecule has 5 aromatic rings. The van der Waals surface area contributed by atoms with Crippen molar-refractivity contribution >= 4 is 22.1 Å². The van der Waals surface area contributed by atoms with Crippen LogP contribution in [0, 0.1) is 0 Å². The molecule has 0 fully saturated rings. The molecule has 0 bridgehead atoms. The number of hydrogen-bond donors (Lipinski definition) is 2. The van der Waals surface area contributed by atoms with E-state index in [0.717, 1.165) is 44.7 Å². The Morgan fingerprint density at radius 1 is 0.917 bits per heavy atom. The topological polar surface area (TPSA) is 96.0 Å². The molecule has 7 nitrogen and oxygen atoms in total. The number of H-pyrrole nitrogens is 2. The second kappa shape index (κ2) is 4.95. The standard InChI is InChI=1S/C17H11N7/c1-2-12-13(19-3-1)7-14(22-12)16-11-6-10(8-21-17(11)24-23-16)15-9-18-4-5-20-15/h1-9,22H,(H,21,23,24). The average molecular weight is 313 g/mol. The number of aromatic amines is 2. The predicted molar refractivity (Wildman–Crippen MR) is 90.0 cm³/mol. The van der Waals surface area contributed by atoms with Crippen LogP contribution >= 0.6 is 0 Å². The normalized spacial score (nSPS) is 11.3. The van der Waals surface area contributed by atoms with Gasteiger partial charge in [-0.3, -0.25) is 20.1 Å². The maximum absolute atomic E-state index is 4.44. The predicted octanol–water partition coefficient (Wildman–Crippen LogP) is 2.96. The molecule has 0 saturated heterocycles. The Morgan fingerprint density at radius 3 is 2.79 bits per heavy atom. The zero-order valence-corrected chi connectivity index (χ0v) is 12.4. The molecule has 0 radical (unpaired) electrons. The SMILES string of the molecule is c1cnc2cc(-c3n[nH]c4ncc(-c5cnccn5)cc34)[nH]c2c1. The lowest BCUT2D eigenvalue weighted by Gasteiger charge is -2.00. The van der Waals surface area contributed by atoms with Gasteiger partial charge < -0.3 is 4.98 Å². The molecule has 114 valence electrons. The average Bonchev–Trinajstić information content (AvgIpc) is 3.25. The van der Waals surface area contributed by atoms with Crippen LogP contribution in [0.4, 0.5) is 0 Å². The Kier molecular flexibility index (Phi) is 2.66. The Labute approximate surface area is 135 Å². The van der Waals surface area contributed by atoms with Crippen LogP contribution in [-0.4, -0.2) is 35.1 Å². The molecule has 7 heteroatoms. The molecule has 5 aromatic heterocycles. The lowest BCUT2D eigenvalue weighted by molar-refractivity contribution is 1.10. The zero-order chi connectivity index (χ0) is 15.9. The van der Waals surface area contributed by atoms with E-state index in [1.807, 2.05) is 24.3 Å². The molecular weight excluding hydrogens is 302 g/mol. The molecule has 0 amide bonds. The van der Waals surface area contributed by atoms with E-state index < -0.39 is 0 Å². The van der Waals surface area contributed by atoms with Gasteiger partial charge in [0.1, 0.15) is 5.69 Å². The summed E-state index contributed by atoms with van der Waals surface area (Å²) in [5.74, 6) is 0. The highest BCUT2D eigenvalue weighted by Crippen LogP contribution is 2.29. The highest BCUT2D eigenvalue weighted by Gasteiger charge is 2.13. The molecule has 0 unspecified atom stereocenters. The lowest BCUT2D eigenvalue weighted by Crippen LogP contribution is -1.86. The van der Waals surface area contributed by atoms with Gasteiger partial charge in [0, 0.05) is 35.7 Å². The maximum Gasteiger partial charge on any atom is 0.155 e. The van der Waals surface area contributed by atoms with Crippen molar-refractivity contribution in [2.24, 2.45) is 0 Å². The number of pyridine rings is 2. The van der Waals surface area contributed by atoms with Gasteiger partial charge in [0.2, 0.25) is 0 Å². The van der Waals surface area contributed by atoms with Gasteiger partial charge in [-0.15, -0.1) is 0 Å². The summed E-state index contributed by atoms with van der Waals surface area (Å²) in [4.78, 5) is 20.6. The van der Waals surface area contributed by atoms with Crippen molar-refractivity contribution in [2.45, 2.75) is 0 Å². The molecule has 0 aliphatic carbocycles. The second-order valence-electron chi connectivity index (χ2n) is 5.40. The minimum Gasteiger partial charge on any atom is -0.352 e. The van der Waals surface area contributed by atoms with Crippen LogP contribution in [-0.2, 0) is 0 Å². The van der Waals surface area contributed by atoms with E-state index in [1.54, 1.807) is 31.0 Å². The summed E-state index contributed by atoms with van der Waals surface area (Å²) in [5, 5.41) is 8.31. The van der Waals surface area contributed by atoms with Gasteiger partial charge in [0.15, 0.2) is 5.65 Å². The second-order valence-corrected chi connectivity index (χ2v) is 5.40. The fourth-order valence-corrected chi connectivity index (χ4v) is 2.78. The summed E-state index contributed by atoms with van der Waals surface area (Å²) in [6, 6.07) is 7.90. The van der Waals surface area contributed by atoms with Crippen LogP contribution in [0.2, 0.25) is 0 Å². The van der Waals surface area contributed by atoms with E-state index in [-0.39, 0.29) is 0 Å². The third-order valence-electron chi connectivity index (χ3n) is 3.92. The van der Waals surface area contributed by atoms with Crippen LogP contribution in [0.3, 0.4) is 0 Å². The molecule has 5 rings (SSSR count). The van der Waals surface area contributed by atoms with E-state index in [9.17, 15) is 0 Å². The van der Waals surface area contributed by atoms with Gasteiger partial charge in [-0.25, -0.2) is 4.98 Å². The smallest absolute Gasteiger partial charge is 0.155 e. The molecular formula is C17H11N7. The first-order valence-electron chi connectivity index (χ1n) is 7.43. The first-order valence-corrected chi connectivity index (χ1v) is 7.43. The molecule has 24 heavy (non-hydrogen) atoms. The van der Waals surface area contributed by atoms with Crippen LogP contribution in [0.5, 0.6) is 0 Å². The first kappa shape index (κ1) is 12.9. The number of nitrogens with zero attached hydrogens (tertiary/aromatic N) is 5. The van der Waals surface area contributed by atoms with Gasteiger partial charge in [0.05, 0.1) is 28.6 Å². The van der Waals surface area contributed by atoms with Crippen molar-refractivity contribution in [3.63, 3.8) is 0 Å². The molecule has 2 N–H and O–H groups in total. The Hall–Kier alpha value is -3.61. The van der Waals surface area contributed by atoms with Crippen LogP contribution in [0.1, 0.15) is 0 Å². The van der Waals surface area contributed by atoms with Gasteiger partial charge in [0.25, 0.3) is 0 Å². The molecule has 0 aliphatic heterocycles. The number of hydrogen-bond acceptors (Lipinski definition) is 5. The molecule has 5 heterocycles. The summed E-state index contributed by atoms with van der Waals surface area (Å²) in [6.07, 6.45) is 8.57. The van der Waals surface area contributed by atoms with Crippen molar-refractivity contribution in [2.75, 3.05) is 0 Å². The maximum atomic E-state index is 4.44. The number of rotatable bonds is 2. The highest BCUT2D eigenvalue weighted by atomic mass is 15.2. The number of aromatic nitrogens is 7. The third kappa shape index (κ3) is 1.95. The van der Waals surface area contributed by atoms with E-state index in [0.29, 0.717) is 0 Å². The first-order chi connectivity index (χ1) is 11.9. The van der Waals surface area contributed by atoms with E-state index in [2.05, 4.69) is 35.1 Å². The zero-order valence-electron chi connectivity index (χ0n) is 12.4. The highest BCUT2D eigenvalue weighted by molar-refractivity contribution is 5.94. The molecule has 0 saturated carbocycles. The summed E-state index contributed by atoms with van der Waals surface area (Å²) in [5.41, 5.74) is 5.98. The van der Waals surface area contributed by atoms with Crippen molar-refractivity contribution < 1.29 is 0 Å². The third-order valence-corrected chi connectivity index (χ3v) is 3.92. The summed E-state index contributed by atoms with van der Waals surface area (Å²) in [6.45, 7) is 0. The number of nitrogens with one attached hydrogen (secondary N) is 2. The van der Waals surface area contributed by atoms with Crippen molar-refractivity contribution in [3.05, 3.63) is 55.2 Å². The Balaban J connectivity index is 1.71. The minimum atomic E-state index is 0.726. The Morgan fingerprint density at radius 2 is 1.92 bits per heavy atom. The largest absolute Gasteiger partial charge is 0.352 e. The fraction of sp³-hybridized carbons (Fsp3) is 0. The molecule has 0 aromatic carbocycles. The minimum absolute atomic E-state index is 0.726. The van der Waals surface area contributed by atoms with Crippen molar-refractivity contribution in [1.82, 2.24) is 35.1 Å². The van der Waals surface area contributed by atoms with Gasteiger partial charge in [-0.2, -0.15) is 5.10 Å². The van der Waals surface area contributed by atoms with Gasteiger partial charge in [-0.1, -0.05) is 0 Å². The molecule has 0 spiro atoms. The number of fused-ring (bicyclic) bond motifs is 2. The lowest BCUT2D eigenvalue weighted by atomic mass is 10.1. The van der Waals surface area contributed by atoms with Crippen LogP contribution in [0.15, 0.2) is 55.2 Å². The molecule has 0 aliphatic rings. The Bertz CT molecular complexity index is 1120. The monoisotopic (exact) mass is 313 g/mol. The van der Waals surface area contributed by atoms with Crippen LogP contribution < -0.4 is 0 Å².